The number of aryl methyl sites for hydroxylation is 1. The molecule has 1 atom stereocenters. The van der Waals surface area contributed by atoms with E-state index in [-0.39, 0.29) is 6.23 Å². The van der Waals surface area contributed by atoms with Crippen LogP contribution in [-0.4, -0.2) is 37.5 Å². The molecule has 1 aliphatic heterocycles. The van der Waals surface area contributed by atoms with E-state index in [1.165, 1.54) is 92.1 Å². The molecule has 1 saturated heterocycles. The van der Waals surface area contributed by atoms with Crippen LogP contribution in [-0.2, 0) is 4.74 Å². The molecule has 1 aliphatic rings. The molecular formula is C27H46N2OSSn. The Labute approximate surface area is 211 Å². The summed E-state index contributed by atoms with van der Waals surface area (Å²) >= 11 is 1.41. The van der Waals surface area contributed by atoms with Crippen LogP contribution in [0.3, 0.4) is 0 Å². The maximum atomic E-state index is 6.15. The van der Waals surface area contributed by atoms with Gasteiger partial charge < -0.3 is 0 Å². The quantitative estimate of drug-likeness (QED) is 0.229. The Morgan fingerprint density at radius 2 is 1.69 bits per heavy atom. The van der Waals surface area contributed by atoms with Crippen molar-refractivity contribution in [1.82, 2.24) is 9.78 Å². The standard InChI is InChI=1S/C14H19N2OS.C13H27.Sn/c1-9(2)13-14-12(10(3)8-18-14)15-16(13)11-6-4-5-7-17-11;1-4-7-10-13(11-8-5-2)12-9-6-3;/h9,11H,4-7H2,1-3H3;4-12H2,1-3H3;. The molecule has 180 valence electrons. The van der Waals surface area contributed by atoms with Crippen LogP contribution in [0.1, 0.15) is 135 Å². The summed E-state index contributed by atoms with van der Waals surface area (Å²) < 4.78 is 12.3. The van der Waals surface area contributed by atoms with Crippen molar-refractivity contribution in [2.45, 2.75) is 134 Å². The molecule has 0 aliphatic carbocycles. The minimum absolute atomic E-state index is 0.140. The van der Waals surface area contributed by atoms with Crippen molar-refractivity contribution in [3.8, 4) is 0 Å². The third-order valence-electron chi connectivity index (χ3n) is 7.18. The number of aromatic nitrogens is 2. The Hall–Kier alpha value is -0.0713. The first-order valence-electron chi connectivity index (χ1n) is 13.4. The van der Waals surface area contributed by atoms with Gasteiger partial charge in [-0.25, -0.2) is 0 Å². The zero-order valence-corrected chi connectivity index (χ0v) is 25.2. The molecule has 0 bridgehead atoms. The van der Waals surface area contributed by atoms with Crippen LogP contribution in [0.5, 0.6) is 0 Å². The van der Waals surface area contributed by atoms with Gasteiger partial charge in [-0.15, -0.1) is 0 Å². The fourth-order valence-corrected chi connectivity index (χ4v) is 14.0. The van der Waals surface area contributed by atoms with E-state index in [1.807, 2.05) is 0 Å². The SMILES string of the molecule is CCCC[C](CCCC)(CCCC)[Sn][c]1sc2c(C(C)C)n(C3CCCCO3)nc2c1C. The van der Waals surface area contributed by atoms with E-state index in [1.54, 1.807) is 2.89 Å². The number of hydrogen-bond donors (Lipinski definition) is 0. The van der Waals surface area contributed by atoms with Crippen molar-refractivity contribution in [2.75, 3.05) is 6.61 Å². The monoisotopic (exact) mass is 566 g/mol. The van der Waals surface area contributed by atoms with Crippen LogP contribution in [0.25, 0.3) is 10.2 Å². The Bertz CT molecular complexity index is 813. The Kier molecular flexibility index (Phi) is 10.4. The van der Waals surface area contributed by atoms with E-state index in [0.717, 1.165) is 13.0 Å². The molecule has 1 fully saturated rings. The number of thiophene rings is 1. The number of nitrogens with zero attached hydrogens (tertiary/aromatic N) is 2. The summed E-state index contributed by atoms with van der Waals surface area (Å²) in [4.78, 5) is 0. The van der Waals surface area contributed by atoms with Crippen LogP contribution in [0.4, 0.5) is 0 Å². The fraction of sp³-hybridized carbons (Fsp3) is 0.815. The van der Waals surface area contributed by atoms with Gasteiger partial charge in [0.25, 0.3) is 0 Å². The van der Waals surface area contributed by atoms with Crippen molar-refractivity contribution in [2.24, 2.45) is 0 Å². The van der Waals surface area contributed by atoms with Gasteiger partial charge in [0.2, 0.25) is 0 Å². The first kappa shape index (κ1) is 26.5. The van der Waals surface area contributed by atoms with Gasteiger partial charge in [-0.3, -0.25) is 0 Å². The zero-order chi connectivity index (χ0) is 23.1. The topological polar surface area (TPSA) is 27.1 Å². The minimum atomic E-state index is -0.722. The van der Waals surface area contributed by atoms with Crippen molar-refractivity contribution >= 4 is 45.6 Å². The molecule has 1 unspecified atom stereocenters. The second kappa shape index (κ2) is 12.6. The van der Waals surface area contributed by atoms with Gasteiger partial charge in [0.05, 0.1) is 0 Å². The van der Waals surface area contributed by atoms with Crippen LogP contribution in [0.15, 0.2) is 0 Å². The van der Waals surface area contributed by atoms with Gasteiger partial charge in [0.15, 0.2) is 0 Å². The van der Waals surface area contributed by atoms with E-state index in [2.05, 4.69) is 57.6 Å². The van der Waals surface area contributed by atoms with E-state index in [0.29, 0.717) is 9.35 Å². The molecule has 3 heterocycles. The summed E-state index contributed by atoms with van der Waals surface area (Å²) in [5.74, 6) is 0.479. The normalized spacial score (nSPS) is 17.7. The van der Waals surface area contributed by atoms with E-state index in [9.17, 15) is 0 Å². The van der Waals surface area contributed by atoms with E-state index in [4.69, 9.17) is 9.84 Å². The second-order valence-corrected chi connectivity index (χ2v) is 17.5. The molecule has 0 saturated carbocycles. The molecule has 0 spiro atoms. The number of hydrogen-bond acceptors (Lipinski definition) is 3. The summed E-state index contributed by atoms with van der Waals surface area (Å²) in [5.41, 5.74) is 4.23. The number of unbranched alkanes of at least 4 members (excludes halogenated alkanes) is 3. The Morgan fingerprint density at radius 3 is 2.19 bits per heavy atom. The third-order valence-corrected chi connectivity index (χ3v) is 15.2. The molecule has 3 rings (SSSR count). The van der Waals surface area contributed by atoms with Crippen LogP contribution in [0.2, 0.25) is 3.43 Å². The van der Waals surface area contributed by atoms with Crippen molar-refractivity contribution in [1.29, 1.82) is 0 Å². The molecule has 2 aromatic rings. The molecule has 0 N–H and O–H groups in total. The van der Waals surface area contributed by atoms with Crippen molar-refractivity contribution < 1.29 is 4.74 Å². The fourth-order valence-electron chi connectivity index (χ4n) is 5.20. The molecule has 5 heteroatoms. The molecule has 2 aromatic heterocycles. The average molecular weight is 565 g/mol. The Balaban J connectivity index is 1.98. The predicted octanol–water partition coefficient (Wildman–Crippen LogP) is 8.29. The summed E-state index contributed by atoms with van der Waals surface area (Å²) in [6, 6.07) is 0. The van der Waals surface area contributed by atoms with Gasteiger partial charge in [0, 0.05) is 0 Å². The summed E-state index contributed by atoms with van der Waals surface area (Å²) in [6.07, 6.45) is 16.2. The first-order chi connectivity index (χ1) is 15.5. The molecule has 0 amide bonds. The number of fused-ring (bicyclic) bond motifs is 1. The average Bonchev–Trinajstić information content (AvgIpc) is 3.31. The zero-order valence-electron chi connectivity index (χ0n) is 21.6. The summed E-state index contributed by atoms with van der Waals surface area (Å²) in [6.45, 7) is 15.0. The van der Waals surface area contributed by atoms with E-state index >= 15 is 0 Å². The molecular weight excluding hydrogens is 519 g/mol. The van der Waals surface area contributed by atoms with E-state index < -0.39 is 21.1 Å². The van der Waals surface area contributed by atoms with Crippen LogP contribution < -0.4 is 2.89 Å². The van der Waals surface area contributed by atoms with Crippen LogP contribution in [0, 0.1) is 6.92 Å². The first-order valence-corrected chi connectivity index (χ1v) is 17.0. The van der Waals surface area contributed by atoms with Crippen LogP contribution >= 0.6 is 11.3 Å². The summed E-state index contributed by atoms with van der Waals surface area (Å²) in [5, 5.41) is 5.22. The molecule has 32 heavy (non-hydrogen) atoms. The molecule has 0 aromatic carbocycles. The van der Waals surface area contributed by atoms with Gasteiger partial charge in [-0.2, -0.15) is 0 Å². The maximum absolute atomic E-state index is 6.15. The van der Waals surface area contributed by atoms with Crippen molar-refractivity contribution in [3.63, 3.8) is 0 Å². The number of ether oxygens (including phenoxy) is 1. The molecule has 3 nitrogen and oxygen atoms in total. The molecule has 2 radical (unpaired) electrons. The van der Waals surface area contributed by atoms with Gasteiger partial charge in [-0.1, -0.05) is 0 Å². The van der Waals surface area contributed by atoms with Gasteiger partial charge in [0.1, 0.15) is 0 Å². The third kappa shape index (κ3) is 6.13. The van der Waals surface area contributed by atoms with Gasteiger partial charge in [-0.05, 0) is 0 Å². The van der Waals surface area contributed by atoms with Crippen molar-refractivity contribution in [3.05, 3.63) is 11.3 Å². The second-order valence-electron chi connectivity index (χ2n) is 10.3. The summed E-state index contributed by atoms with van der Waals surface area (Å²) in [7, 11) is 0. The predicted molar refractivity (Wildman–Crippen MR) is 142 cm³/mol. The Morgan fingerprint density at radius 1 is 1.06 bits per heavy atom. The number of rotatable bonds is 13. The van der Waals surface area contributed by atoms with Gasteiger partial charge >= 0.3 is 212 Å².